The molecule has 0 aromatic carbocycles. The number of carbonyl (C=O) groups excluding carboxylic acids is 1. The second kappa shape index (κ2) is 7.04. The van der Waals surface area contributed by atoms with Gasteiger partial charge < -0.3 is 15.1 Å². The number of carbonyl (C=O) groups is 1. The first kappa shape index (κ1) is 15.2. The van der Waals surface area contributed by atoms with E-state index < -0.39 is 0 Å². The van der Waals surface area contributed by atoms with Gasteiger partial charge in [0, 0.05) is 45.5 Å². The number of rotatable bonds is 4. The zero-order valence-electron chi connectivity index (χ0n) is 13.1. The highest BCUT2D eigenvalue weighted by Crippen LogP contribution is 2.15. The Morgan fingerprint density at radius 1 is 1.13 bits per heavy atom. The van der Waals surface area contributed by atoms with Gasteiger partial charge >= 0.3 is 0 Å². The molecule has 0 aliphatic carbocycles. The maximum Gasteiger partial charge on any atom is 0.224 e. The number of amides is 1. The molecule has 0 unspecified atom stereocenters. The van der Waals surface area contributed by atoms with Crippen molar-refractivity contribution in [1.82, 2.24) is 19.9 Å². The van der Waals surface area contributed by atoms with Gasteiger partial charge in [-0.15, -0.1) is 0 Å². The number of nitrogens with one attached hydrogen (secondary N) is 1. The van der Waals surface area contributed by atoms with Crippen LogP contribution >= 0.6 is 0 Å². The molecule has 23 heavy (non-hydrogen) atoms. The van der Waals surface area contributed by atoms with Crippen LogP contribution in [0.1, 0.15) is 12.6 Å². The van der Waals surface area contributed by atoms with Crippen LogP contribution in [0.2, 0.25) is 0 Å². The quantitative estimate of drug-likeness (QED) is 0.913. The number of anilines is 2. The van der Waals surface area contributed by atoms with Crippen LogP contribution in [0.4, 0.5) is 11.8 Å². The molecule has 2 aromatic rings. The molecule has 0 saturated carbocycles. The molecule has 2 aromatic heterocycles. The molecule has 7 heteroatoms. The molecular weight excluding hydrogens is 292 g/mol. The summed E-state index contributed by atoms with van der Waals surface area (Å²) in [5.41, 5.74) is 0.941. The lowest BCUT2D eigenvalue weighted by molar-refractivity contribution is -0.129. The average molecular weight is 312 g/mol. The number of nitrogens with zero attached hydrogens (tertiary/aromatic N) is 5. The predicted molar refractivity (Wildman–Crippen MR) is 88.1 cm³/mol. The number of hydrogen-bond acceptors (Lipinski definition) is 6. The minimum atomic E-state index is 0.130. The summed E-state index contributed by atoms with van der Waals surface area (Å²) in [7, 11) is 0. The fourth-order valence-electron chi connectivity index (χ4n) is 2.53. The smallest absolute Gasteiger partial charge is 0.224 e. The summed E-state index contributed by atoms with van der Waals surface area (Å²) in [6.45, 7) is 5.24. The van der Waals surface area contributed by atoms with Crippen molar-refractivity contribution in [2.45, 2.75) is 13.5 Å². The maximum absolute atomic E-state index is 11.4. The molecule has 3 heterocycles. The molecule has 0 atom stereocenters. The van der Waals surface area contributed by atoms with Crippen molar-refractivity contribution in [2.75, 3.05) is 36.4 Å². The van der Waals surface area contributed by atoms with Gasteiger partial charge in [0.15, 0.2) is 0 Å². The van der Waals surface area contributed by atoms with Crippen molar-refractivity contribution in [3.63, 3.8) is 0 Å². The Labute approximate surface area is 135 Å². The van der Waals surface area contributed by atoms with Crippen LogP contribution in [-0.4, -0.2) is 51.9 Å². The molecule has 3 rings (SSSR count). The lowest BCUT2D eigenvalue weighted by atomic mass is 10.3. The van der Waals surface area contributed by atoms with E-state index in [2.05, 4.69) is 25.2 Å². The van der Waals surface area contributed by atoms with Crippen LogP contribution in [0.5, 0.6) is 0 Å². The summed E-state index contributed by atoms with van der Waals surface area (Å²) in [6, 6.07) is 7.70. The van der Waals surface area contributed by atoms with Gasteiger partial charge in [-0.3, -0.25) is 9.78 Å². The molecule has 1 fully saturated rings. The van der Waals surface area contributed by atoms with E-state index in [-0.39, 0.29) is 5.91 Å². The third-order valence-electron chi connectivity index (χ3n) is 3.84. The van der Waals surface area contributed by atoms with Gasteiger partial charge in [0.1, 0.15) is 5.82 Å². The van der Waals surface area contributed by atoms with Crippen molar-refractivity contribution in [3.8, 4) is 0 Å². The highest BCUT2D eigenvalue weighted by Gasteiger charge is 2.19. The van der Waals surface area contributed by atoms with Gasteiger partial charge in [0.2, 0.25) is 11.9 Å². The maximum atomic E-state index is 11.4. The molecule has 0 spiro atoms. The normalized spacial score (nSPS) is 14.7. The highest BCUT2D eigenvalue weighted by molar-refractivity contribution is 5.73. The summed E-state index contributed by atoms with van der Waals surface area (Å²) in [5.74, 6) is 1.60. The standard InChI is InChI=1S/C16H20N6O/c1-13(23)21-8-10-22(11-9-21)15-5-7-18-16(20-15)19-12-14-4-2-3-6-17-14/h2-7H,8-12H2,1H3,(H,18,19,20). The van der Waals surface area contributed by atoms with Gasteiger partial charge in [-0.1, -0.05) is 6.07 Å². The summed E-state index contributed by atoms with van der Waals surface area (Å²) >= 11 is 0. The Bertz CT molecular complexity index is 655. The number of hydrogen-bond donors (Lipinski definition) is 1. The second-order valence-corrected chi connectivity index (χ2v) is 5.41. The molecule has 1 saturated heterocycles. The van der Waals surface area contributed by atoms with Gasteiger partial charge in [-0.25, -0.2) is 4.98 Å². The SMILES string of the molecule is CC(=O)N1CCN(c2ccnc(NCc3ccccn3)n2)CC1. The van der Waals surface area contributed by atoms with Gasteiger partial charge in [-0.2, -0.15) is 4.98 Å². The van der Waals surface area contributed by atoms with Crippen LogP contribution < -0.4 is 10.2 Å². The summed E-state index contributed by atoms with van der Waals surface area (Å²) in [5, 5.41) is 3.19. The Hall–Kier alpha value is -2.70. The topological polar surface area (TPSA) is 74.2 Å². The zero-order valence-corrected chi connectivity index (χ0v) is 13.1. The summed E-state index contributed by atoms with van der Waals surface area (Å²) in [4.78, 5) is 28.5. The van der Waals surface area contributed by atoms with E-state index in [4.69, 9.17) is 0 Å². The van der Waals surface area contributed by atoms with E-state index in [0.717, 1.165) is 37.7 Å². The molecule has 7 nitrogen and oxygen atoms in total. The molecule has 1 N–H and O–H groups in total. The molecule has 1 aliphatic heterocycles. The second-order valence-electron chi connectivity index (χ2n) is 5.41. The van der Waals surface area contributed by atoms with Gasteiger partial charge in [-0.05, 0) is 18.2 Å². The molecule has 120 valence electrons. The Kier molecular flexibility index (Phi) is 4.65. The van der Waals surface area contributed by atoms with Crippen molar-refractivity contribution >= 4 is 17.7 Å². The number of piperazine rings is 1. The molecule has 1 amide bonds. The predicted octanol–water partition coefficient (Wildman–Crippen LogP) is 1.15. The van der Waals surface area contributed by atoms with Crippen LogP contribution in [0, 0.1) is 0 Å². The first-order valence-electron chi connectivity index (χ1n) is 7.69. The van der Waals surface area contributed by atoms with Crippen molar-refractivity contribution in [2.24, 2.45) is 0 Å². The van der Waals surface area contributed by atoms with E-state index in [9.17, 15) is 4.79 Å². The third kappa shape index (κ3) is 3.94. The monoisotopic (exact) mass is 312 g/mol. The van der Waals surface area contributed by atoms with Crippen LogP contribution in [0.15, 0.2) is 36.7 Å². The lowest BCUT2D eigenvalue weighted by Gasteiger charge is -2.34. The Balaban J connectivity index is 1.60. The first-order valence-corrected chi connectivity index (χ1v) is 7.69. The van der Waals surface area contributed by atoms with E-state index in [1.165, 1.54) is 0 Å². The fourth-order valence-corrected chi connectivity index (χ4v) is 2.53. The summed E-state index contributed by atoms with van der Waals surface area (Å²) in [6.07, 6.45) is 3.52. The Morgan fingerprint density at radius 3 is 2.65 bits per heavy atom. The number of aromatic nitrogens is 3. The largest absolute Gasteiger partial charge is 0.353 e. The van der Waals surface area contributed by atoms with Crippen molar-refractivity contribution < 1.29 is 4.79 Å². The minimum Gasteiger partial charge on any atom is -0.353 e. The van der Waals surface area contributed by atoms with Crippen LogP contribution in [0.25, 0.3) is 0 Å². The van der Waals surface area contributed by atoms with Gasteiger partial charge in [0.25, 0.3) is 0 Å². The lowest BCUT2D eigenvalue weighted by Crippen LogP contribution is -2.48. The van der Waals surface area contributed by atoms with E-state index in [1.54, 1.807) is 19.3 Å². The fraction of sp³-hybridized carbons (Fsp3) is 0.375. The molecular formula is C16H20N6O. The van der Waals surface area contributed by atoms with E-state index >= 15 is 0 Å². The Morgan fingerprint density at radius 2 is 1.96 bits per heavy atom. The van der Waals surface area contributed by atoms with Crippen LogP contribution in [0.3, 0.4) is 0 Å². The van der Waals surface area contributed by atoms with E-state index in [0.29, 0.717) is 12.5 Å². The molecule has 0 bridgehead atoms. The highest BCUT2D eigenvalue weighted by atomic mass is 16.2. The number of pyridine rings is 1. The molecule has 1 aliphatic rings. The van der Waals surface area contributed by atoms with E-state index in [1.807, 2.05) is 29.2 Å². The third-order valence-corrected chi connectivity index (χ3v) is 3.84. The summed E-state index contributed by atoms with van der Waals surface area (Å²) < 4.78 is 0. The average Bonchev–Trinajstić information content (AvgIpc) is 2.61. The molecule has 0 radical (unpaired) electrons. The first-order chi connectivity index (χ1) is 11.2. The van der Waals surface area contributed by atoms with Crippen molar-refractivity contribution in [1.29, 1.82) is 0 Å². The van der Waals surface area contributed by atoms with Crippen molar-refractivity contribution in [3.05, 3.63) is 42.4 Å². The van der Waals surface area contributed by atoms with Crippen LogP contribution in [-0.2, 0) is 11.3 Å². The minimum absolute atomic E-state index is 0.130. The van der Waals surface area contributed by atoms with Gasteiger partial charge in [0.05, 0.1) is 12.2 Å². The zero-order chi connectivity index (χ0) is 16.1.